The molecule has 1 amide bonds. The number of hydrogen-bond donors (Lipinski definition) is 2. The first-order valence-electron chi connectivity index (χ1n) is 8.96. The number of aryl methyl sites for hydroxylation is 2. The van der Waals surface area contributed by atoms with Gasteiger partial charge in [-0.05, 0) is 37.6 Å². The van der Waals surface area contributed by atoms with E-state index in [0.29, 0.717) is 16.7 Å². The summed E-state index contributed by atoms with van der Waals surface area (Å²) in [5, 5.41) is 13.0. The lowest BCUT2D eigenvalue weighted by Gasteiger charge is -2.09. The quantitative estimate of drug-likeness (QED) is 0.470. The highest BCUT2D eigenvalue weighted by Crippen LogP contribution is 2.39. The third kappa shape index (κ3) is 3.83. The molecule has 0 radical (unpaired) electrons. The maximum atomic E-state index is 12.4. The van der Waals surface area contributed by atoms with Gasteiger partial charge in [-0.3, -0.25) is 4.79 Å². The van der Waals surface area contributed by atoms with Gasteiger partial charge in [0.2, 0.25) is 5.91 Å². The van der Waals surface area contributed by atoms with E-state index >= 15 is 0 Å². The molecule has 4 rings (SSSR count). The average molecular weight is 425 g/mol. The number of nitrogen functional groups attached to an aromatic ring is 1. The molecule has 4 aromatic rings. The third-order valence-electron chi connectivity index (χ3n) is 4.53. The van der Waals surface area contributed by atoms with Gasteiger partial charge in [0.1, 0.15) is 4.83 Å². The van der Waals surface area contributed by atoms with Crippen molar-refractivity contribution in [1.82, 2.24) is 19.7 Å². The fourth-order valence-corrected chi connectivity index (χ4v) is 4.82. The number of nitrogens with two attached hydrogens (primary N) is 1. The number of anilines is 2. The molecule has 7 nitrogen and oxygen atoms in total. The van der Waals surface area contributed by atoms with Crippen molar-refractivity contribution in [3.63, 3.8) is 0 Å². The summed E-state index contributed by atoms with van der Waals surface area (Å²) >= 11 is 2.82. The van der Waals surface area contributed by atoms with Crippen molar-refractivity contribution in [2.75, 3.05) is 16.8 Å². The molecule has 0 atom stereocenters. The van der Waals surface area contributed by atoms with Crippen molar-refractivity contribution in [2.24, 2.45) is 7.05 Å². The first kappa shape index (κ1) is 19.4. The van der Waals surface area contributed by atoms with Crippen LogP contribution in [0.1, 0.15) is 11.1 Å². The van der Waals surface area contributed by atoms with Gasteiger partial charge in [-0.2, -0.15) is 0 Å². The molecule has 1 aromatic carbocycles. The second kappa shape index (κ2) is 7.84. The molecule has 3 N–H and O–H groups in total. The largest absolute Gasteiger partial charge is 0.397 e. The Morgan fingerprint density at radius 2 is 2.10 bits per heavy atom. The van der Waals surface area contributed by atoms with E-state index in [-0.39, 0.29) is 11.7 Å². The number of rotatable bonds is 5. The van der Waals surface area contributed by atoms with Crippen molar-refractivity contribution < 1.29 is 4.79 Å². The van der Waals surface area contributed by atoms with E-state index in [0.717, 1.165) is 31.9 Å². The highest BCUT2D eigenvalue weighted by atomic mass is 32.2. The lowest BCUT2D eigenvalue weighted by Crippen LogP contribution is -2.15. The smallest absolute Gasteiger partial charge is 0.234 e. The number of nitrogens with zero attached hydrogens (tertiary/aromatic N) is 4. The Hall–Kier alpha value is -2.91. The van der Waals surface area contributed by atoms with Gasteiger partial charge in [0.25, 0.3) is 0 Å². The van der Waals surface area contributed by atoms with Crippen molar-refractivity contribution in [1.29, 1.82) is 0 Å². The molecule has 0 aliphatic heterocycles. The van der Waals surface area contributed by atoms with Gasteiger partial charge in [0.05, 0.1) is 16.3 Å². The summed E-state index contributed by atoms with van der Waals surface area (Å²) in [6.07, 6.45) is 1.74. The van der Waals surface area contributed by atoms with Gasteiger partial charge >= 0.3 is 0 Å². The number of hydrogen-bond acceptors (Lipinski definition) is 7. The summed E-state index contributed by atoms with van der Waals surface area (Å²) in [6, 6.07) is 9.76. The molecule has 29 heavy (non-hydrogen) atoms. The fraction of sp³-hybridized carbons (Fsp3) is 0.200. The zero-order valence-electron chi connectivity index (χ0n) is 16.3. The Morgan fingerprint density at radius 3 is 2.86 bits per heavy atom. The summed E-state index contributed by atoms with van der Waals surface area (Å²) in [4.78, 5) is 18.4. The first-order valence-corrected chi connectivity index (χ1v) is 10.8. The summed E-state index contributed by atoms with van der Waals surface area (Å²) in [6.45, 7) is 4.01. The van der Waals surface area contributed by atoms with Crippen molar-refractivity contribution >= 4 is 50.6 Å². The molecule has 0 aliphatic carbocycles. The minimum Gasteiger partial charge on any atom is -0.397 e. The topological polar surface area (TPSA) is 98.7 Å². The Labute approximate surface area is 176 Å². The number of carbonyl (C=O) groups is 1. The van der Waals surface area contributed by atoms with Crippen LogP contribution in [0.4, 0.5) is 11.4 Å². The van der Waals surface area contributed by atoms with Crippen LogP contribution >= 0.6 is 23.1 Å². The van der Waals surface area contributed by atoms with E-state index < -0.39 is 0 Å². The minimum absolute atomic E-state index is 0.0860. The average Bonchev–Trinajstić information content (AvgIpc) is 3.22. The molecule has 0 saturated heterocycles. The van der Waals surface area contributed by atoms with Crippen LogP contribution in [0.15, 0.2) is 41.7 Å². The molecule has 148 valence electrons. The van der Waals surface area contributed by atoms with Crippen LogP contribution < -0.4 is 11.1 Å². The standard InChI is InChI=1S/C20H20N6OS2/c1-11-6-7-14(12(2)9-11)23-15(27)10-28-20-25-24-18(26(20)3)17-16(21)13-5-4-8-22-19(13)29-17/h4-9H,10,21H2,1-3H3,(H,23,27). The number of benzene rings is 1. The normalized spacial score (nSPS) is 11.1. The summed E-state index contributed by atoms with van der Waals surface area (Å²) in [5.41, 5.74) is 9.98. The van der Waals surface area contributed by atoms with E-state index in [9.17, 15) is 4.79 Å². The molecule has 3 heterocycles. The second-order valence-electron chi connectivity index (χ2n) is 6.72. The number of thioether (sulfide) groups is 1. The Kier molecular flexibility index (Phi) is 5.25. The number of thiophene rings is 1. The number of fused-ring (bicyclic) bond motifs is 1. The van der Waals surface area contributed by atoms with E-state index in [1.54, 1.807) is 6.20 Å². The zero-order valence-corrected chi connectivity index (χ0v) is 17.9. The van der Waals surface area contributed by atoms with Gasteiger partial charge in [-0.1, -0.05) is 29.5 Å². The van der Waals surface area contributed by atoms with Gasteiger partial charge in [0, 0.05) is 24.3 Å². The monoisotopic (exact) mass is 424 g/mol. The predicted octanol–water partition coefficient (Wildman–Crippen LogP) is 4.02. The molecule has 0 unspecified atom stereocenters. The summed E-state index contributed by atoms with van der Waals surface area (Å²) in [7, 11) is 1.87. The van der Waals surface area contributed by atoms with Crippen LogP contribution in [0.5, 0.6) is 0 Å². The molecule has 0 saturated carbocycles. The first-order chi connectivity index (χ1) is 13.9. The predicted molar refractivity (Wildman–Crippen MR) is 119 cm³/mol. The number of amides is 1. The zero-order chi connectivity index (χ0) is 20.5. The summed E-state index contributed by atoms with van der Waals surface area (Å²) < 4.78 is 1.86. The van der Waals surface area contributed by atoms with Crippen LogP contribution in [0.3, 0.4) is 0 Å². The van der Waals surface area contributed by atoms with Gasteiger partial charge in [-0.15, -0.1) is 21.5 Å². The minimum atomic E-state index is -0.0860. The molecule has 0 fully saturated rings. The molecule has 0 spiro atoms. The molecule has 9 heteroatoms. The van der Waals surface area contributed by atoms with E-state index in [4.69, 9.17) is 5.73 Å². The molecule has 0 bridgehead atoms. The third-order valence-corrected chi connectivity index (χ3v) is 6.68. The maximum Gasteiger partial charge on any atom is 0.234 e. The Bertz CT molecular complexity index is 1210. The van der Waals surface area contributed by atoms with Gasteiger partial charge in [-0.25, -0.2) is 4.98 Å². The molecule has 0 aliphatic rings. The van der Waals surface area contributed by atoms with Gasteiger partial charge < -0.3 is 15.6 Å². The van der Waals surface area contributed by atoms with E-state index in [2.05, 4.69) is 20.5 Å². The molecular formula is C20H20N6OS2. The van der Waals surface area contributed by atoms with Crippen LogP contribution in [0.2, 0.25) is 0 Å². The molecule has 3 aromatic heterocycles. The number of nitrogens with one attached hydrogen (secondary N) is 1. The van der Waals surface area contributed by atoms with Crippen LogP contribution in [0, 0.1) is 13.8 Å². The SMILES string of the molecule is Cc1ccc(NC(=O)CSc2nnc(-c3sc4ncccc4c3N)n2C)c(C)c1. The number of pyridine rings is 1. The lowest BCUT2D eigenvalue weighted by atomic mass is 10.1. The highest BCUT2D eigenvalue weighted by molar-refractivity contribution is 7.99. The van der Waals surface area contributed by atoms with Crippen molar-refractivity contribution in [3.8, 4) is 10.7 Å². The maximum absolute atomic E-state index is 12.4. The fourth-order valence-electron chi connectivity index (χ4n) is 3.03. The van der Waals surface area contributed by atoms with E-state index in [1.807, 2.05) is 55.8 Å². The second-order valence-corrected chi connectivity index (χ2v) is 8.66. The van der Waals surface area contributed by atoms with Gasteiger partial charge in [0.15, 0.2) is 11.0 Å². The van der Waals surface area contributed by atoms with Crippen molar-refractivity contribution in [2.45, 2.75) is 19.0 Å². The van der Waals surface area contributed by atoms with Crippen LogP contribution in [-0.2, 0) is 11.8 Å². The van der Waals surface area contributed by atoms with Crippen LogP contribution in [0.25, 0.3) is 20.9 Å². The van der Waals surface area contributed by atoms with Crippen LogP contribution in [-0.4, -0.2) is 31.4 Å². The Balaban J connectivity index is 1.48. The lowest BCUT2D eigenvalue weighted by molar-refractivity contribution is -0.113. The highest BCUT2D eigenvalue weighted by Gasteiger charge is 2.19. The van der Waals surface area contributed by atoms with Crippen molar-refractivity contribution in [3.05, 3.63) is 47.7 Å². The number of carbonyl (C=O) groups excluding carboxylic acids is 1. The Morgan fingerprint density at radius 1 is 1.28 bits per heavy atom. The number of aromatic nitrogens is 4. The van der Waals surface area contributed by atoms with E-state index in [1.165, 1.54) is 23.1 Å². The summed E-state index contributed by atoms with van der Waals surface area (Å²) in [5.74, 6) is 0.822. The molecular weight excluding hydrogens is 404 g/mol.